The molecule has 1 aliphatic rings. The largest absolute Gasteiger partial charge is 0.371 e. The van der Waals surface area contributed by atoms with Crippen molar-refractivity contribution in [2.75, 3.05) is 6.61 Å². The van der Waals surface area contributed by atoms with Crippen LogP contribution in [0.25, 0.3) is 11.2 Å². The van der Waals surface area contributed by atoms with Crippen molar-refractivity contribution in [3.8, 4) is 0 Å². The van der Waals surface area contributed by atoms with E-state index in [0.717, 1.165) is 18.4 Å². The smallest absolute Gasteiger partial charge is 0.325 e. The number of hydrogen-bond acceptors (Lipinski definition) is 5. The molecular formula is C17H17N5O3. The maximum Gasteiger partial charge on any atom is 0.325 e. The lowest BCUT2D eigenvalue weighted by molar-refractivity contribution is -0.00950. The van der Waals surface area contributed by atoms with Crippen LogP contribution in [-0.2, 0) is 4.74 Å². The third kappa shape index (κ3) is 3.16. The van der Waals surface area contributed by atoms with E-state index in [9.17, 15) is 9.59 Å². The van der Waals surface area contributed by atoms with Crippen LogP contribution in [0.1, 0.15) is 34.9 Å². The molecule has 0 radical (unpaired) electrons. The summed E-state index contributed by atoms with van der Waals surface area (Å²) in [7, 11) is 0. The van der Waals surface area contributed by atoms with Gasteiger partial charge in [-0.05, 0) is 36.6 Å². The standard InChI is InChI=1S/C17H17N5O3/c23-16(11-8-13-15(19-9-11)22-17(24)21-13)20-12-2-1-7-25-14(12)10-3-5-18-6-4-10/h3-6,8-9,12,14H,1-2,7H2,(H,20,23)(H2,19,21,22,24)/t12-,14+/m0/s1. The molecule has 4 rings (SSSR count). The average molecular weight is 339 g/mol. The van der Waals surface area contributed by atoms with Crippen molar-refractivity contribution < 1.29 is 9.53 Å². The summed E-state index contributed by atoms with van der Waals surface area (Å²) in [5.41, 5.74) is 1.96. The average Bonchev–Trinajstić information content (AvgIpc) is 3.02. The minimum atomic E-state index is -0.349. The van der Waals surface area contributed by atoms with Gasteiger partial charge in [-0.1, -0.05) is 0 Å². The number of aromatic amines is 2. The first-order valence-corrected chi connectivity index (χ1v) is 8.11. The predicted molar refractivity (Wildman–Crippen MR) is 90.1 cm³/mol. The third-order valence-corrected chi connectivity index (χ3v) is 4.30. The minimum Gasteiger partial charge on any atom is -0.371 e. The molecule has 3 aromatic rings. The van der Waals surface area contributed by atoms with Crippen LogP contribution in [0.3, 0.4) is 0 Å². The second kappa shape index (κ2) is 6.48. The van der Waals surface area contributed by atoms with E-state index in [0.29, 0.717) is 23.3 Å². The molecule has 3 N–H and O–H groups in total. The molecule has 8 nitrogen and oxygen atoms in total. The lowest BCUT2D eigenvalue weighted by atomic mass is 9.96. The Morgan fingerprint density at radius 3 is 2.96 bits per heavy atom. The Bertz CT molecular complexity index is 950. The van der Waals surface area contributed by atoms with Gasteiger partial charge in [0.15, 0.2) is 5.65 Å². The molecule has 0 aliphatic carbocycles. The van der Waals surface area contributed by atoms with Gasteiger partial charge >= 0.3 is 5.69 Å². The minimum absolute atomic E-state index is 0.135. The highest BCUT2D eigenvalue weighted by Gasteiger charge is 2.29. The van der Waals surface area contributed by atoms with Crippen LogP contribution in [-0.4, -0.2) is 38.5 Å². The number of carbonyl (C=O) groups excluding carboxylic acids is 1. The van der Waals surface area contributed by atoms with Gasteiger partial charge in [0.2, 0.25) is 0 Å². The van der Waals surface area contributed by atoms with Gasteiger partial charge < -0.3 is 15.0 Å². The summed E-state index contributed by atoms with van der Waals surface area (Å²) in [5, 5.41) is 3.03. The second-order valence-electron chi connectivity index (χ2n) is 5.99. The summed E-state index contributed by atoms with van der Waals surface area (Å²) in [5.74, 6) is -0.244. The van der Waals surface area contributed by atoms with Gasteiger partial charge in [0.25, 0.3) is 5.91 Å². The van der Waals surface area contributed by atoms with Crippen LogP contribution in [0, 0.1) is 0 Å². The number of rotatable bonds is 3. The summed E-state index contributed by atoms with van der Waals surface area (Å²) in [6, 6.07) is 5.27. The van der Waals surface area contributed by atoms with Gasteiger partial charge in [-0.3, -0.25) is 14.8 Å². The molecule has 0 aromatic carbocycles. The first-order chi connectivity index (χ1) is 12.2. The normalized spacial score (nSPS) is 20.5. The Hall–Kier alpha value is -3.00. The zero-order chi connectivity index (χ0) is 17.2. The van der Waals surface area contributed by atoms with Crippen LogP contribution in [0.15, 0.2) is 41.6 Å². The summed E-state index contributed by atoms with van der Waals surface area (Å²) in [6.07, 6.45) is 6.39. The van der Waals surface area contributed by atoms with Crippen LogP contribution >= 0.6 is 0 Å². The SMILES string of the molecule is O=C(N[C@H]1CCCO[C@@H]1c1ccncc1)c1cnc2[nH]c(=O)[nH]c2c1. The van der Waals surface area contributed by atoms with Crippen molar-refractivity contribution in [2.24, 2.45) is 0 Å². The van der Waals surface area contributed by atoms with Crippen LogP contribution in [0.5, 0.6) is 0 Å². The lowest BCUT2D eigenvalue weighted by Gasteiger charge is -2.32. The van der Waals surface area contributed by atoms with Crippen molar-refractivity contribution in [3.05, 3.63) is 58.4 Å². The van der Waals surface area contributed by atoms with Crippen LogP contribution in [0.4, 0.5) is 0 Å². The monoisotopic (exact) mass is 339 g/mol. The molecule has 0 bridgehead atoms. The zero-order valence-corrected chi connectivity index (χ0v) is 13.4. The van der Waals surface area contributed by atoms with Crippen LogP contribution in [0.2, 0.25) is 0 Å². The molecule has 0 spiro atoms. The van der Waals surface area contributed by atoms with E-state index in [-0.39, 0.29) is 23.7 Å². The Balaban J connectivity index is 1.56. The summed E-state index contributed by atoms with van der Waals surface area (Å²) in [4.78, 5) is 37.2. The van der Waals surface area contributed by atoms with Crippen molar-refractivity contribution in [2.45, 2.75) is 25.0 Å². The van der Waals surface area contributed by atoms with E-state index in [4.69, 9.17) is 4.74 Å². The number of imidazole rings is 1. The molecule has 3 aromatic heterocycles. The summed E-state index contributed by atoms with van der Waals surface area (Å²) in [6.45, 7) is 0.664. The number of H-pyrrole nitrogens is 2. The Morgan fingerprint density at radius 2 is 2.12 bits per heavy atom. The molecular weight excluding hydrogens is 322 g/mol. The number of hydrogen-bond donors (Lipinski definition) is 3. The first-order valence-electron chi connectivity index (χ1n) is 8.11. The fourth-order valence-corrected chi connectivity index (χ4v) is 3.11. The van der Waals surface area contributed by atoms with Gasteiger partial charge in [0.05, 0.1) is 17.1 Å². The number of nitrogens with one attached hydrogen (secondary N) is 3. The van der Waals surface area contributed by atoms with E-state index in [1.54, 1.807) is 18.5 Å². The molecule has 1 aliphatic heterocycles. The topological polar surface area (TPSA) is 113 Å². The Kier molecular flexibility index (Phi) is 4.02. The quantitative estimate of drug-likeness (QED) is 0.666. The van der Waals surface area contributed by atoms with Crippen molar-refractivity contribution in [3.63, 3.8) is 0 Å². The second-order valence-corrected chi connectivity index (χ2v) is 5.99. The van der Waals surface area contributed by atoms with Crippen molar-refractivity contribution in [1.29, 1.82) is 0 Å². The molecule has 1 fully saturated rings. The molecule has 1 amide bonds. The highest BCUT2D eigenvalue weighted by Crippen LogP contribution is 2.28. The van der Waals surface area contributed by atoms with Gasteiger partial charge in [0.1, 0.15) is 6.10 Å². The Morgan fingerprint density at radius 1 is 1.28 bits per heavy atom. The summed E-state index contributed by atoms with van der Waals surface area (Å²) < 4.78 is 5.88. The molecule has 0 saturated carbocycles. The molecule has 2 atom stereocenters. The summed E-state index contributed by atoms with van der Waals surface area (Å²) >= 11 is 0. The number of amides is 1. The number of fused-ring (bicyclic) bond motifs is 1. The maximum absolute atomic E-state index is 12.6. The van der Waals surface area contributed by atoms with E-state index < -0.39 is 0 Å². The van der Waals surface area contributed by atoms with E-state index >= 15 is 0 Å². The predicted octanol–water partition coefficient (Wildman–Crippen LogP) is 1.30. The molecule has 8 heteroatoms. The molecule has 4 heterocycles. The van der Waals surface area contributed by atoms with Gasteiger partial charge in [0, 0.05) is 25.2 Å². The van der Waals surface area contributed by atoms with E-state index in [1.165, 1.54) is 6.20 Å². The Labute approximate surface area is 142 Å². The zero-order valence-electron chi connectivity index (χ0n) is 13.4. The van der Waals surface area contributed by atoms with Crippen LogP contribution < -0.4 is 11.0 Å². The number of ether oxygens (including phenoxy) is 1. The fourth-order valence-electron chi connectivity index (χ4n) is 3.11. The fraction of sp³-hybridized carbons (Fsp3) is 0.294. The number of nitrogens with zero attached hydrogens (tertiary/aromatic N) is 2. The highest BCUT2D eigenvalue weighted by molar-refractivity contribution is 5.96. The van der Waals surface area contributed by atoms with E-state index in [1.807, 2.05) is 12.1 Å². The van der Waals surface area contributed by atoms with Crippen molar-refractivity contribution in [1.82, 2.24) is 25.3 Å². The molecule has 1 saturated heterocycles. The van der Waals surface area contributed by atoms with Gasteiger partial charge in [-0.25, -0.2) is 9.78 Å². The van der Waals surface area contributed by atoms with Gasteiger partial charge in [-0.15, -0.1) is 0 Å². The highest BCUT2D eigenvalue weighted by atomic mass is 16.5. The first kappa shape index (κ1) is 15.5. The van der Waals surface area contributed by atoms with Gasteiger partial charge in [-0.2, -0.15) is 0 Å². The number of carbonyl (C=O) groups is 1. The molecule has 0 unspecified atom stereocenters. The molecule has 128 valence electrons. The molecule has 25 heavy (non-hydrogen) atoms. The lowest BCUT2D eigenvalue weighted by Crippen LogP contribution is -2.42. The number of aromatic nitrogens is 4. The van der Waals surface area contributed by atoms with E-state index in [2.05, 4.69) is 25.3 Å². The maximum atomic E-state index is 12.6. The van der Waals surface area contributed by atoms with Crippen molar-refractivity contribution >= 4 is 17.1 Å². The number of pyridine rings is 2. The third-order valence-electron chi connectivity index (χ3n) is 4.30.